The van der Waals surface area contributed by atoms with Crippen molar-refractivity contribution in [2.75, 3.05) is 7.11 Å². The van der Waals surface area contributed by atoms with E-state index in [1.807, 2.05) is 0 Å². The molecule has 1 aromatic heterocycles. The van der Waals surface area contributed by atoms with Gasteiger partial charge in [-0.15, -0.1) is 0 Å². The van der Waals surface area contributed by atoms with Gasteiger partial charge in [-0.05, 0) is 12.1 Å². The number of rotatable bonds is 3. The minimum Gasteiger partial charge on any atom is -0.468 e. The lowest BCUT2D eigenvalue weighted by Gasteiger charge is -2.10. The van der Waals surface area contributed by atoms with E-state index in [2.05, 4.69) is 9.72 Å². The topological polar surface area (TPSA) is 65.2 Å². The second-order valence-electron chi connectivity index (χ2n) is 3.35. The van der Waals surface area contributed by atoms with Crippen LogP contribution in [0.1, 0.15) is 11.4 Å². The van der Waals surface area contributed by atoms with Gasteiger partial charge in [0.05, 0.1) is 7.11 Å². The third-order valence-corrected chi connectivity index (χ3v) is 2.03. The molecule has 7 heteroatoms. The SMILES string of the molecule is COC(=O)[C@@H](N)Cc1cccc(C(F)(F)F)n1. The molecule has 0 bridgehead atoms. The standard InChI is InChI=1S/C10H11F3N2O2/c1-17-9(16)7(14)5-6-3-2-4-8(15-6)10(11,12)13/h2-4,7H,5,14H2,1H3/t7-/m0/s1. The fraction of sp³-hybridized carbons (Fsp3) is 0.400. The van der Waals surface area contributed by atoms with Gasteiger partial charge < -0.3 is 10.5 Å². The number of pyridine rings is 1. The smallest absolute Gasteiger partial charge is 0.433 e. The first-order chi connectivity index (χ1) is 7.84. The first-order valence-corrected chi connectivity index (χ1v) is 4.71. The van der Waals surface area contributed by atoms with Gasteiger partial charge >= 0.3 is 12.1 Å². The van der Waals surface area contributed by atoms with E-state index in [0.717, 1.165) is 13.2 Å². The van der Waals surface area contributed by atoms with Gasteiger partial charge in [0.2, 0.25) is 0 Å². The molecule has 1 atom stereocenters. The van der Waals surface area contributed by atoms with E-state index in [1.54, 1.807) is 0 Å². The molecule has 0 spiro atoms. The minimum atomic E-state index is -4.51. The Balaban J connectivity index is 2.83. The van der Waals surface area contributed by atoms with Gasteiger partial charge in [0.25, 0.3) is 0 Å². The lowest BCUT2D eigenvalue weighted by molar-refractivity contribution is -0.142. The van der Waals surface area contributed by atoms with Crippen LogP contribution in [-0.4, -0.2) is 24.1 Å². The molecule has 4 nitrogen and oxygen atoms in total. The van der Waals surface area contributed by atoms with Crippen molar-refractivity contribution in [2.45, 2.75) is 18.6 Å². The average Bonchev–Trinajstić information content (AvgIpc) is 2.27. The Morgan fingerprint density at radius 3 is 2.71 bits per heavy atom. The maximum Gasteiger partial charge on any atom is 0.433 e. The Kier molecular flexibility index (Phi) is 4.06. The number of carbonyl (C=O) groups is 1. The van der Waals surface area contributed by atoms with Gasteiger partial charge in [-0.1, -0.05) is 6.07 Å². The van der Waals surface area contributed by atoms with Crippen LogP contribution in [0.3, 0.4) is 0 Å². The molecule has 0 aliphatic rings. The summed E-state index contributed by atoms with van der Waals surface area (Å²) in [5.74, 6) is -0.691. The summed E-state index contributed by atoms with van der Waals surface area (Å²) in [5, 5.41) is 0. The van der Waals surface area contributed by atoms with Crippen molar-refractivity contribution in [3.63, 3.8) is 0 Å². The molecule has 0 aliphatic carbocycles. The highest BCUT2D eigenvalue weighted by Crippen LogP contribution is 2.27. The van der Waals surface area contributed by atoms with Gasteiger partial charge in [0.1, 0.15) is 11.7 Å². The third kappa shape index (κ3) is 3.70. The zero-order chi connectivity index (χ0) is 13.1. The molecular weight excluding hydrogens is 237 g/mol. The number of nitrogens with zero attached hydrogens (tertiary/aromatic N) is 1. The van der Waals surface area contributed by atoms with Crippen LogP contribution in [0.2, 0.25) is 0 Å². The lowest BCUT2D eigenvalue weighted by Crippen LogP contribution is -2.34. The van der Waals surface area contributed by atoms with Crippen LogP contribution >= 0.6 is 0 Å². The van der Waals surface area contributed by atoms with Crippen LogP contribution in [-0.2, 0) is 22.1 Å². The van der Waals surface area contributed by atoms with Gasteiger partial charge in [-0.3, -0.25) is 4.79 Å². The molecule has 0 amide bonds. The van der Waals surface area contributed by atoms with Crippen LogP contribution in [0.15, 0.2) is 18.2 Å². The van der Waals surface area contributed by atoms with E-state index in [0.29, 0.717) is 0 Å². The molecule has 1 heterocycles. The van der Waals surface area contributed by atoms with E-state index in [9.17, 15) is 18.0 Å². The van der Waals surface area contributed by atoms with Crippen molar-refractivity contribution in [1.29, 1.82) is 0 Å². The van der Waals surface area contributed by atoms with Gasteiger partial charge in [0.15, 0.2) is 0 Å². The predicted octanol–water partition coefficient (Wildman–Crippen LogP) is 1.14. The van der Waals surface area contributed by atoms with Gasteiger partial charge in [0, 0.05) is 12.1 Å². The number of nitrogens with two attached hydrogens (primary N) is 1. The molecule has 0 aromatic carbocycles. The van der Waals surface area contributed by atoms with Crippen molar-refractivity contribution < 1.29 is 22.7 Å². The van der Waals surface area contributed by atoms with Crippen LogP contribution in [0.4, 0.5) is 13.2 Å². The van der Waals surface area contributed by atoms with Crippen LogP contribution < -0.4 is 5.73 Å². The third-order valence-electron chi connectivity index (χ3n) is 2.03. The molecule has 17 heavy (non-hydrogen) atoms. The number of esters is 1. The minimum absolute atomic E-state index is 0.0951. The number of carbonyl (C=O) groups excluding carboxylic acids is 1. The fourth-order valence-electron chi connectivity index (χ4n) is 1.21. The summed E-state index contributed by atoms with van der Waals surface area (Å²) in [7, 11) is 1.15. The number of hydrogen-bond acceptors (Lipinski definition) is 4. The Bertz CT molecular complexity index is 407. The van der Waals surface area contributed by atoms with Gasteiger partial charge in [-0.25, -0.2) is 4.98 Å². The maximum absolute atomic E-state index is 12.3. The molecule has 0 saturated carbocycles. The Morgan fingerprint density at radius 1 is 1.53 bits per heavy atom. The van der Waals surface area contributed by atoms with Crippen molar-refractivity contribution in [1.82, 2.24) is 4.98 Å². The molecule has 1 rings (SSSR count). The van der Waals surface area contributed by atoms with Crippen LogP contribution in [0.5, 0.6) is 0 Å². The molecule has 2 N–H and O–H groups in total. The largest absolute Gasteiger partial charge is 0.468 e. The predicted molar refractivity (Wildman–Crippen MR) is 52.9 cm³/mol. The molecule has 0 saturated heterocycles. The average molecular weight is 248 g/mol. The molecule has 0 radical (unpaired) electrons. The number of aromatic nitrogens is 1. The van der Waals surface area contributed by atoms with E-state index in [-0.39, 0.29) is 12.1 Å². The molecule has 1 aromatic rings. The summed E-state index contributed by atoms with van der Waals surface area (Å²) in [6.07, 6.45) is -4.61. The number of ether oxygens (including phenoxy) is 1. The number of hydrogen-bond donors (Lipinski definition) is 1. The van der Waals surface area contributed by atoms with Crippen LogP contribution in [0, 0.1) is 0 Å². The van der Waals surface area contributed by atoms with Crippen molar-refractivity contribution in [2.24, 2.45) is 5.73 Å². The fourth-order valence-corrected chi connectivity index (χ4v) is 1.21. The normalized spacial score (nSPS) is 13.2. The highest BCUT2D eigenvalue weighted by atomic mass is 19.4. The Labute approximate surface area is 95.6 Å². The second-order valence-corrected chi connectivity index (χ2v) is 3.35. The highest BCUT2D eigenvalue weighted by Gasteiger charge is 2.32. The molecule has 0 fully saturated rings. The van der Waals surface area contributed by atoms with Gasteiger partial charge in [-0.2, -0.15) is 13.2 Å². The Morgan fingerprint density at radius 2 is 2.18 bits per heavy atom. The quantitative estimate of drug-likeness (QED) is 0.815. The lowest BCUT2D eigenvalue weighted by atomic mass is 10.1. The number of halogens is 3. The zero-order valence-electron chi connectivity index (χ0n) is 8.99. The first kappa shape index (κ1) is 13.4. The van der Waals surface area contributed by atoms with Crippen LogP contribution in [0.25, 0.3) is 0 Å². The van der Waals surface area contributed by atoms with Crippen molar-refractivity contribution >= 4 is 5.97 Å². The summed E-state index contributed by atoms with van der Waals surface area (Å²) >= 11 is 0. The molecule has 94 valence electrons. The summed E-state index contributed by atoms with van der Waals surface area (Å²) in [6, 6.07) is 2.43. The second kappa shape index (κ2) is 5.13. The molecular formula is C10H11F3N2O2. The first-order valence-electron chi connectivity index (χ1n) is 4.71. The Hall–Kier alpha value is -1.63. The molecule has 0 aliphatic heterocycles. The van der Waals surface area contributed by atoms with E-state index in [4.69, 9.17) is 5.73 Å². The zero-order valence-corrected chi connectivity index (χ0v) is 8.99. The van der Waals surface area contributed by atoms with E-state index < -0.39 is 23.9 Å². The highest BCUT2D eigenvalue weighted by molar-refractivity contribution is 5.75. The summed E-state index contributed by atoms with van der Waals surface area (Å²) in [5.41, 5.74) is 4.51. The monoisotopic (exact) mass is 248 g/mol. The summed E-state index contributed by atoms with van der Waals surface area (Å²) in [6.45, 7) is 0. The number of alkyl halides is 3. The van der Waals surface area contributed by atoms with E-state index in [1.165, 1.54) is 12.1 Å². The summed E-state index contributed by atoms with van der Waals surface area (Å²) < 4.78 is 41.4. The maximum atomic E-state index is 12.3. The van der Waals surface area contributed by atoms with Crippen molar-refractivity contribution in [3.05, 3.63) is 29.6 Å². The summed E-state index contributed by atoms with van der Waals surface area (Å²) in [4.78, 5) is 14.4. The molecule has 0 unspecified atom stereocenters. The number of methoxy groups -OCH3 is 1. The van der Waals surface area contributed by atoms with E-state index >= 15 is 0 Å². The van der Waals surface area contributed by atoms with Crippen molar-refractivity contribution in [3.8, 4) is 0 Å².